The molecular formula is C17H16N2O. The summed E-state index contributed by atoms with van der Waals surface area (Å²) in [7, 11) is 2.04. The number of carbonyl (C=O) groups excluding carboxylic acids is 1. The van der Waals surface area contributed by atoms with Gasteiger partial charge in [-0.05, 0) is 24.6 Å². The Morgan fingerprint density at radius 1 is 1.10 bits per heavy atom. The molecule has 0 bridgehead atoms. The van der Waals surface area contributed by atoms with Crippen molar-refractivity contribution in [2.75, 3.05) is 0 Å². The Bertz CT molecular complexity index is 769. The third kappa shape index (κ3) is 2.23. The second kappa shape index (κ2) is 4.93. The van der Waals surface area contributed by atoms with Gasteiger partial charge in [0.05, 0.1) is 11.0 Å². The second-order valence-electron chi connectivity index (χ2n) is 5.01. The zero-order chi connectivity index (χ0) is 14.1. The smallest absolute Gasteiger partial charge is 0.159 e. The van der Waals surface area contributed by atoms with Crippen LogP contribution >= 0.6 is 0 Å². The maximum absolute atomic E-state index is 11.3. The first-order chi connectivity index (χ1) is 9.65. The fourth-order valence-electron chi connectivity index (χ4n) is 2.39. The topological polar surface area (TPSA) is 34.9 Å². The first-order valence-electron chi connectivity index (χ1n) is 6.65. The van der Waals surface area contributed by atoms with Crippen molar-refractivity contribution in [3.8, 4) is 0 Å². The van der Waals surface area contributed by atoms with E-state index in [4.69, 9.17) is 0 Å². The van der Waals surface area contributed by atoms with Gasteiger partial charge in [-0.15, -0.1) is 0 Å². The summed E-state index contributed by atoms with van der Waals surface area (Å²) in [6.07, 6.45) is 0.767. The minimum absolute atomic E-state index is 0.0966. The summed E-state index contributed by atoms with van der Waals surface area (Å²) in [6.45, 7) is 1.58. The standard InChI is InChI=1S/C17H16N2O/c1-12(20)14-9-7-13(8-10-14)11-17-18-15-5-3-4-6-16(15)19(17)2/h3-10H,11H2,1-2H3. The van der Waals surface area contributed by atoms with Gasteiger partial charge in [-0.3, -0.25) is 4.79 Å². The minimum Gasteiger partial charge on any atom is -0.331 e. The molecule has 0 saturated carbocycles. The van der Waals surface area contributed by atoms with Crippen LogP contribution in [0.5, 0.6) is 0 Å². The number of ketones is 1. The highest BCUT2D eigenvalue weighted by Gasteiger charge is 2.08. The predicted molar refractivity (Wildman–Crippen MR) is 80.0 cm³/mol. The number of rotatable bonds is 3. The molecule has 2 aromatic carbocycles. The Morgan fingerprint density at radius 3 is 2.45 bits per heavy atom. The Labute approximate surface area is 117 Å². The van der Waals surface area contributed by atoms with Crippen LogP contribution in [0.25, 0.3) is 11.0 Å². The van der Waals surface area contributed by atoms with Crippen LogP contribution in [-0.4, -0.2) is 15.3 Å². The lowest BCUT2D eigenvalue weighted by Crippen LogP contribution is -1.99. The molecule has 0 radical (unpaired) electrons. The fourth-order valence-corrected chi connectivity index (χ4v) is 2.39. The van der Waals surface area contributed by atoms with Crippen molar-refractivity contribution in [2.24, 2.45) is 7.05 Å². The van der Waals surface area contributed by atoms with E-state index in [1.807, 2.05) is 49.5 Å². The molecule has 0 amide bonds. The lowest BCUT2D eigenvalue weighted by atomic mass is 10.1. The highest BCUT2D eigenvalue weighted by Crippen LogP contribution is 2.17. The monoisotopic (exact) mass is 264 g/mol. The lowest BCUT2D eigenvalue weighted by Gasteiger charge is -2.03. The van der Waals surface area contributed by atoms with Crippen molar-refractivity contribution in [3.63, 3.8) is 0 Å². The van der Waals surface area contributed by atoms with Crippen LogP contribution < -0.4 is 0 Å². The summed E-state index contributed by atoms with van der Waals surface area (Å²) in [5, 5.41) is 0. The zero-order valence-corrected chi connectivity index (χ0v) is 11.6. The Morgan fingerprint density at radius 2 is 1.80 bits per heavy atom. The van der Waals surface area contributed by atoms with Gasteiger partial charge in [-0.25, -0.2) is 4.98 Å². The summed E-state index contributed by atoms with van der Waals surface area (Å²) < 4.78 is 2.12. The van der Waals surface area contributed by atoms with Crippen LogP contribution in [0.2, 0.25) is 0 Å². The molecule has 0 fully saturated rings. The van der Waals surface area contributed by atoms with E-state index in [2.05, 4.69) is 15.6 Å². The van der Waals surface area contributed by atoms with Gasteiger partial charge < -0.3 is 4.57 Å². The molecule has 100 valence electrons. The quantitative estimate of drug-likeness (QED) is 0.680. The van der Waals surface area contributed by atoms with Crippen LogP contribution in [0.1, 0.15) is 28.7 Å². The Balaban J connectivity index is 1.92. The predicted octanol–water partition coefficient (Wildman–Crippen LogP) is 3.37. The average Bonchev–Trinajstić information content (AvgIpc) is 2.77. The lowest BCUT2D eigenvalue weighted by molar-refractivity contribution is 0.101. The summed E-state index contributed by atoms with van der Waals surface area (Å²) in [4.78, 5) is 15.9. The van der Waals surface area contributed by atoms with Gasteiger partial charge >= 0.3 is 0 Å². The van der Waals surface area contributed by atoms with E-state index in [0.29, 0.717) is 0 Å². The number of imidazole rings is 1. The third-order valence-electron chi connectivity index (χ3n) is 3.60. The zero-order valence-electron chi connectivity index (χ0n) is 11.6. The molecule has 0 spiro atoms. The van der Waals surface area contributed by atoms with Crippen LogP contribution in [-0.2, 0) is 13.5 Å². The fraction of sp³-hybridized carbons (Fsp3) is 0.176. The van der Waals surface area contributed by atoms with Crippen LogP contribution in [0.4, 0.5) is 0 Å². The van der Waals surface area contributed by atoms with E-state index < -0.39 is 0 Å². The van der Waals surface area contributed by atoms with Crippen molar-refractivity contribution in [1.82, 2.24) is 9.55 Å². The molecule has 1 heterocycles. The summed E-state index contributed by atoms with van der Waals surface area (Å²) in [6, 6.07) is 15.9. The SMILES string of the molecule is CC(=O)c1ccc(Cc2nc3ccccc3n2C)cc1. The molecule has 0 aliphatic heterocycles. The molecule has 0 unspecified atom stereocenters. The number of para-hydroxylation sites is 2. The molecule has 0 atom stereocenters. The summed E-state index contributed by atoms with van der Waals surface area (Å²) >= 11 is 0. The minimum atomic E-state index is 0.0966. The van der Waals surface area contributed by atoms with E-state index in [0.717, 1.165) is 34.4 Å². The molecule has 3 heteroatoms. The van der Waals surface area contributed by atoms with Crippen LogP contribution in [0, 0.1) is 0 Å². The molecule has 3 rings (SSSR count). The van der Waals surface area contributed by atoms with Gasteiger partial charge in [0, 0.05) is 19.0 Å². The molecular weight excluding hydrogens is 248 g/mol. The van der Waals surface area contributed by atoms with E-state index in [1.54, 1.807) is 6.92 Å². The number of nitrogens with zero attached hydrogens (tertiary/aromatic N) is 2. The van der Waals surface area contributed by atoms with Crippen molar-refractivity contribution in [2.45, 2.75) is 13.3 Å². The van der Waals surface area contributed by atoms with Crippen molar-refractivity contribution in [3.05, 3.63) is 65.5 Å². The number of carbonyl (C=O) groups is 1. The number of hydrogen-bond donors (Lipinski definition) is 0. The third-order valence-corrected chi connectivity index (χ3v) is 3.60. The van der Waals surface area contributed by atoms with Crippen molar-refractivity contribution in [1.29, 1.82) is 0 Å². The van der Waals surface area contributed by atoms with Crippen molar-refractivity contribution >= 4 is 16.8 Å². The highest BCUT2D eigenvalue weighted by atomic mass is 16.1. The molecule has 0 N–H and O–H groups in total. The summed E-state index contributed by atoms with van der Waals surface area (Å²) in [5.74, 6) is 1.13. The Kier molecular flexibility index (Phi) is 3.11. The number of fused-ring (bicyclic) bond motifs is 1. The number of benzene rings is 2. The molecule has 20 heavy (non-hydrogen) atoms. The van der Waals surface area contributed by atoms with Crippen molar-refractivity contribution < 1.29 is 4.79 Å². The van der Waals surface area contributed by atoms with Gasteiger partial charge in [0.15, 0.2) is 5.78 Å². The normalized spacial score (nSPS) is 10.9. The van der Waals surface area contributed by atoms with E-state index in [9.17, 15) is 4.79 Å². The van der Waals surface area contributed by atoms with Gasteiger partial charge in [-0.1, -0.05) is 36.4 Å². The van der Waals surface area contributed by atoms with Crippen LogP contribution in [0.3, 0.4) is 0 Å². The number of aromatic nitrogens is 2. The van der Waals surface area contributed by atoms with Gasteiger partial charge in [0.25, 0.3) is 0 Å². The summed E-state index contributed by atoms with van der Waals surface area (Å²) in [5.41, 5.74) is 4.07. The number of Topliss-reactive ketones (excluding diaryl/α,β-unsaturated/α-hetero) is 1. The first kappa shape index (κ1) is 12.6. The molecule has 3 aromatic rings. The van der Waals surface area contributed by atoms with Crippen LogP contribution in [0.15, 0.2) is 48.5 Å². The van der Waals surface area contributed by atoms with E-state index in [-0.39, 0.29) is 5.78 Å². The van der Waals surface area contributed by atoms with Gasteiger partial charge in [-0.2, -0.15) is 0 Å². The van der Waals surface area contributed by atoms with Gasteiger partial charge in [0.1, 0.15) is 5.82 Å². The highest BCUT2D eigenvalue weighted by molar-refractivity contribution is 5.94. The van der Waals surface area contributed by atoms with E-state index >= 15 is 0 Å². The van der Waals surface area contributed by atoms with Gasteiger partial charge in [0.2, 0.25) is 0 Å². The number of hydrogen-bond acceptors (Lipinski definition) is 2. The molecule has 0 aliphatic rings. The van der Waals surface area contributed by atoms with E-state index in [1.165, 1.54) is 0 Å². The number of aryl methyl sites for hydroxylation is 1. The molecule has 1 aromatic heterocycles. The molecule has 3 nitrogen and oxygen atoms in total. The first-order valence-corrected chi connectivity index (χ1v) is 6.65. The Hall–Kier alpha value is -2.42. The maximum atomic E-state index is 11.3. The largest absolute Gasteiger partial charge is 0.331 e. The second-order valence-corrected chi connectivity index (χ2v) is 5.01. The molecule has 0 aliphatic carbocycles. The molecule has 0 saturated heterocycles. The maximum Gasteiger partial charge on any atom is 0.159 e. The average molecular weight is 264 g/mol.